The van der Waals surface area contributed by atoms with Crippen molar-refractivity contribution >= 4 is 34.7 Å². The second-order valence-corrected chi connectivity index (χ2v) is 10.9. The van der Waals surface area contributed by atoms with Crippen molar-refractivity contribution in [1.29, 1.82) is 0 Å². The van der Waals surface area contributed by atoms with Crippen LogP contribution in [0.2, 0.25) is 0 Å². The first kappa shape index (κ1) is 40.5. The van der Waals surface area contributed by atoms with E-state index >= 15 is 0 Å². The summed E-state index contributed by atoms with van der Waals surface area (Å²) >= 11 is 0. The van der Waals surface area contributed by atoms with E-state index in [0.29, 0.717) is 33.4 Å². The van der Waals surface area contributed by atoms with Gasteiger partial charge in [0, 0.05) is 72.8 Å². The molecule has 0 aromatic heterocycles. The Morgan fingerprint density at radius 3 is 0.462 bits per heavy atom. The third-order valence-electron chi connectivity index (χ3n) is 7.24. The second-order valence-electron chi connectivity index (χ2n) is 10.9. The molecule has 0 saturated heterocycles. The molecule has 6 rings (SSSR count). The minimum absolute atomic E-state index is 0. The van der Waals surface area contributed by atoms with Gasteiger partial charge in [0.1, 0.15) is 0 Å². The summed E-state index contributed by atoms with van der Waals surface area (Å²) in [6.45, 7) is 0. The van der Waals surface area contributed by atoms with Crippen molar-refractivity contribution in [3.05, 3.63) is 235 Å². The molecule has 7 heteroatoms. The molecular formula is C45H39O6Y+12. The van der Waals surface area contributed by atoms with Crippen LogP contribution in [0.1, 0.15) is 33.4 Å². The molecule has 6 aromatic rings. The summed E-state index contributed by atoms with van der Waals surface area (Å²) in [6.07, 6.45) is 4.06. The normalized spacial score (nSPS) is 9.46. The Morgan fingerprint density at radius 2 is 0.346 bits per heavy atom. The fourth-order valence-electron chi connectivity index (χ4n) is 4.54. The third-order valence-corrected chi connectivity index (χ3v) is 7.24. The predicted molar refractivity (Wildman–Crippen MR) is 208 cm³/mol. The van der Waals surface area contributed by atoms with Crippen LogP contribution in [-0.2, 0) is 32.7 Å². The van der Waals surface area contributed by atoms with Gasteiger partial charge in [0.05, 0.1) is 0 Å². The minimum Gasteiger partial charge on any atom is -0.249 e. The molecule has 6 aromatic carbocycles. The first-order chi connectivity index (χ1) is 24.8. The zero-order chi connectivity index (χ0) is 36.3. The van der Waals surface area contributed by atoms with Gasteiger partial charge < -0.3 is 0 Å². The quantitative estimate of drug-likeness (QED) is 0.0544. The second kappa shape index (κ2) is 22.0. The van der Waals surface area contributed by atoms with E-state index in [0.717, 1.165) is 0 Å². The van der Waals surface area contributed by atoms with Crippen LogP contribution in [-0.4, -0.2) is 63.5 Å². The average molecular weight is 765 g/mol. The van der Waals surface area contributed by atoms with Crippen molar-refractivity contribution in [2.24, 2.45) is 0 Å². The monoisotopic (exact) mass is 764 g/mol. The van der Waals surface area contributed by atoms with Gasteiger partial charge in [-0.15, -0.1) is 0 Å². The maximum absolute atomic E-state index is 9.83. The molecule has 52 heavy (non-hydrogen) atoms. The minimum atomic E-state index is 0. The zero-order valence-electron chi connectivity index (χ0n) is 28.3. The molecule has 0 atom stereocenters. The van der Waals surface area contributed by atoms with E-state index in [9.17, 15) is 28.8 Å². The van der Waals surface area contributed by atoms with E-state index < -0.39 is 0 Å². The molecule has 0 aliphatic carbocycles. The Kier molecular flexibility index (Phi) is 17.1. The van der Waals surface area contributed by atoms with Crippen LogP contribution >= 0.6 is 0 Å². The van der Waals surface area contributed by atoms with Gasteiger partial charge in [0.25, 0.3) is 19.3 Å². The van der Waals surface area contributed by atoms with E-state index in [1.807, 2.05) is 109 Å². The number of carbonyl (C=O) groups excluding carboxylic acids is 6. The summed E-state index contributed by atoms with van der Waals surface area (Å²) in [4.78, 5) is 59.0. The Balaban J connectivity index is 0.000000208. The molecule has 246 valence electrons. The first-order valence-electron chi connectivity index (χ1n) is 16.0. The molecule has 0 fully saturated rings. The molecule has 0 saturated carbocycles. The van der Waals surface area contributed by atoms with Gasteiger partial charge >= 0.3 is 67.4 Å². The summed E-state index contributed by atoms with van der Waals surface area (Å²) in [6, 6.07) is 54.6. The van der Waals surface area contributed by atoms with Gasteiger partial charge in [0.2, 0.25) is 0 Å². The number of rotatable bonds is 12. The van der Waals surface area contributed by atoms with Gasteiger partial charge in [-0.25, -0.2) is 28.8 Å². The van der Waals surface area contributed by atoms with Crippen LogP contribution < -0.4 is 0 Å². The van der Waals surface area contributed by atoms with Crippen molar-refractivity contribution in [3.8, 4) is 0 Å². The molecule has 0 bridgehead atoms. The Bertz CT molecular complexity index is 1640. The molecule has 6 N–H and O–H groups in total. The predicted octanol–water partition coefficient (Wildman–Crippen LogP) is 7.13. The number of benzene rings is 6. The molecule has 0 aliphatic rings. The smallest absolute Gasteiger partial charge is 0.249 e. The zero-order valence-corrected chi connectivity index (χ0v) is 31.2. The summed E-state index contributed by atoms with van der Waals surface area (Å²) in [5.74, 6) is 0.289. The summed E-state index contributed by atoms with van der Waals surface area (Å²) < 4.78 is 0. The van der Waals surface area contributed by atoms with Crippen LogP contribution in [0.15, 0.2) is 182 Å². The molecular weight excluding hydrogens is 725 g/mol. The van der Waals surface area contributed by atoms with Gasteiger partial charge in [-0.05, 0) is 72.8 Å². The van der Waals surface area contributed by atoms with Gasteiger partial charge in [-0.2, -0.15) is 0 Å². The SMILES string of the molecule is [OH+]=C([CH+]C(=[OH+])c1ccccc1)c1ccccc1.[OH+]=C([CH+]C(=[OH+])c1ccccc1)c1ccccc1.[OH+]=C([CH+]C(=[OH+])c1ccccc1)c1ccccc1.[Y+3]. The largest absolute Gasteiger partial charge is 3.00 e. The molecule has 0 amide bonds. The number of hydrogen-bond acceptors (Lipinski definition) is 0. The molecule has 0 unspecified atom stereocenters. The van der Waals surface area contributed by atoms with E-state index in [2.05, 4.69) is 0 Å². The Morgan fingerprint density at radius 1 is 0.231 bits per heavy atom. The summed E-state index contributed by atoms with van der Waals surface area (Å²) in [5, 5.41) is 0. The van der Waals surface area contributed by atoms with Crippen molar-refractivity contribution < 1.29 is 61.5 Å². The van der Waals surface area contributed by atoms with Gasteiger partial charge in [-0.1, -0.05) is 36.4 Å². The maximum Gasteiger partial charge on any atom is 3.00 e. The first-order valence-corrected chi connectivity index (χ1v) is 16.0. The van der Waals surface area contributed by atoms with Crippen LogP contribution in [0.3, 0.4) is 0 Å². The molecule has 0 spiro atoms. The molecule has 0 aliphatic heterocycles. The van der Waals surface area contributed by atoms with E-state index in [4.69, 9.17) is 0 Å². The van der Waals surface area contributed by atoms with Crippen molar-refractivity contribution in [1.82, 2.24) is 0 Å². The summed E-state index contributed by atoms with van der Waals surface area (Å²) in [5.41, 5.74) is 4.06. The van der Waals surface area contributed by atoms with Crippen molar-refractivity contribution in [2.45, 2.75) is 0 Å². The fourth-order valence-corrected chi connectivity index (χ4v) is 4.54. The van der Waals surface area contributed by atoms with E-state index in [1.54, 1.807) is 72.8 Å². The van der Waals surface area contributed by atoms with Gasteiger partial charge in [-0.3, -0.25) is 0 Å². The third kappa shape index (κ3) is 13.4. The molecule has 6 nitrogen and oxygen atoms in total. The van der Waals surface area contributed by atoms with Crippen molar-refractivity contribution in [3.63, 3.8) is 0 Å². The van der Waals surface area contributed by atoms with Crippen LogP contribution in [0, 0.1) is 19.3 Å². The van der Waals surface area contributed by atoms with Crippen LogP contribution in [0.25, 0.3) is 0 Å². The van der Waals surface area contributed by atoms with E-state index in [-0.39, 0.29) is 67.4 Å². The molecule has 0 radical (unpaired) electrons. The average Bonchev–Trinajstić information content (AvgIpc) is 3.20. The van der Waals surface area contributed by atoms with Crippen LogP contribution in [0.5, 0.6) is 0 Å². The fraction of sp³-hybridized carbons (Fsp3) is 0. The standard InChI is InChI=1S/3C15H11O2.Y/c3*16-14(12-7-3-1-4-8-12)11-15(17)13-9-5-2-6-10-13;/h3*1-11H;/q3*+1;+3/p+6. The van der Waals surface area contributed by atoms with E-state index in [1.165, 1.54) is 19.3 Å². The maximum atomic E-state index is 9.83. The summed E-state index contributed by atoms with van der Waals surface area (Å²) in [7, 11) is 0. The Labute approximate surface area is 328 Å². The van der Waals surface area contributed by atoms with Gasteiger partial charge in [0.15, 0.2) is 33.4 Å². The van der Waals surface area contributed by atoms with Crippen molar-refractivity contribution in [2.75, 3.05) is 0 Å². The Hall–Kier alpha value is -5.95. The number of hydrogen-bond donors (Lipinski definition) is 0. The van der Waals surface area contributed by atoms with Crippen LogP contribution in [0.4, 0.5) is 0 Å². The topological polar surface area (TPSA) is 128 Å². The molecule has 0 heterocycles. The number of ketones is 6.